The average molecular weight is 1100 g/mol. The molecule has 11 rings (SSSR count). The van der Waals surface area contributed by atoms with Crippen molar-refractivity contribution in [3.8, 4) is 0 Å². The van der Waals surface area contributed by atoms with E-state index >= 15 is 0 Å². The number of para-hydroxylation sites is 3. The number of hydrogen-bond acceptors (Lipinski definition) is 14. The van der Waals surface area contributed by atoms with E-state index in [0.717, 1.165) is 5.52 Å². The largest absolute Gasteiger partial charge is 0.352 e. The summed E-state index contributed by atoms with van der Waals surface area (Å²) < 4.78 is 14.4. The van der Waals surface area contributed by atoms with Gasteiger partial charge in [0, 0.05) is 91.2 Å². The van der Waals surface area contributed by atoms with Gasteiger partial charge in [0.2, 0.25) is 0 Å². The topological polar surface area (TPSA) is 218 Å². The van der Waals surface area contributed by atoms with Crippen LogP contribution < -0.4 is 0 Å². The fourth-order valence-corrected chi connectivity index (χ4v) is 6.61. The molecule has 0 N–H and O–H groups in total. The van der Waals surface area contributed by atoms with Gasteiger partial charge < -0.3 is 22.8 Å². The summed E-state index contributed by atoms with van der Waals surface area (Å²) in [6.45, 7) is 37.9. The van der Waals surface area contributed by atoms with Crippen molar-refractivity contribution in [3.63, 3.8) is 0 Å². The minimum atomic E-state index is -0.0185. The Morgan fingerprint density at radius 2 is 0.988 bits per heavy atom. The molecule has 0 amide bonds. The molecule has 0 spiro atoms. The van der Waals surface area contributed by atoms with Gasteiger partial charge >= 0.3 is 0 Å². The van der Waals surface area contributed by atoms with Crippen molar-refractivity contribution < 1.29 is 0 Å². The SMILES string of the molecule is CC(C)C1N=NN=N1.CC(C)n1ccc2ccccc21.CC(C)n1cccc1.CC(C)n1cccn1.CC(C)n1ccnc1.CC(C)n1cnc2ccccc21.CC(C)n1cncn1.CC(C)n1cnnc1.CC(C)n1ncnn1. The molecule has 0 atom stereocenters. The van der Waals surface area contributed by atoms with Crippen LogP contribution in [0.4, 0.5) is 0 Å². The van der Waals surface area contributed by atoms with Gasteiger partial charge in [0.1, 0.15) is 25.3 Å². The Kier molecular flexibility index (Phi) is 29.7. The molecule has 0 radical (unpaired) electrons. The van der Waals surface area contributed by atoms with Crippen LogP contribution in [0.2, 0.25) is 0 Å². The first-order valence-corrected chi connectivity index (χ1v) is 27.5. The summed E-state index contributed by atoms with van der Waals surface area (Å²) in [7, 11) is 0. The number of rotatable bonds is 9. The van der Waals surface area contributed by atoms with E-state index in [9.17, 15) is 0 Å². The molecule has 432 valence electrons. The molecule has 8 aromatic heterocycles. The number of hydrogen-bond donors (Lipinski definition) is 0. The van der Waals surface area contributed by atoms with E-state index in [-0.39, 0.29) is 6.17 Å². The van der Waals surface area contributed by atoms with Crippen molar-refractivity contribution in [2.75, 3.05) is 0 Å². The third kappa shape index (κ3) is 24.2. The van der Waals surface area contributed by atoms with Crippen LogP contribution in [-0.2, 0) is 0 Å². The summed E-state index contributed by atoms with van der Waals surface area (Å²) >= 11 is 0. The van der Waals surface area contributed by atoms with E-state index < -0.39 is 0 Å². The van der Waals surface area contributed by atoms with Crippen LogP contribution in [0.25, 0.3) is 21.9 Å². The maximum absolute atomic E-state index is 4.30. The molecular weight excluding hydrogens is 1000 g/mol. The van der Waals surface area contributed by atoms with Crippen LogP contribution >= 0.6 is 0 Å². The molecule has 10 aromatic rings. The number of tetrazole rings is 1. The maximum Gasteiger partial charge on any atom is 0.187 e. The molecule has 0 saturated carbocycles. The standard InChI is InChI=1S/C11H13N.C10H12N2.C7H11N.2C6H10N2.2C5H9N3.2C4H8N4/c1-9(2)12-8-7-10-5-3-4-6-11(10)12;1-8(2)12-7-11-9-5-3-4-6-10(9)12;1-7(2)8-5-3-4-6-8;1-6(2)8-4-3-7-5-8;1-6(2)8-5-3-4-7-8;1-5(2)8-3-6-7-4-8;1-5(2)8-4-6-3-7-8;1-4(2)8-6-3-5-7-8;1-3(2)4-5-7-8-6-4/h3-9H,1-2H3;3-8H,1-2H3;3-7H,1-2H3;2*3-6H,1-2H3;2*3-5H,1-2H3;2*3-4H,1-2H3. The highest BCUT2D eigenvalue weighted by Gasteiger charge is 2.13. The molecule has 1 aliphatic heterocycles. The summed E-state index contributed by atoms with van der Waals surface area (Å²) in [6, 6.07) is 28.7. The Labute approximate surface area is 474 Å². The zero-order valence-electron chi connectivity index (χ0n) is 50.6. The molecular formula is C58H90N22. The number of benzene rings is 2. The third-order valence-corrected chi connectivity index (χ3v) is 11.4. The lowest BCUT2D eigenvalue weighted by molar-refractivity contribution is 0.455. The number of aromatic nitrogens is 18. The van der Waals surface area contributed by atoms with Crippen molar-refractivity contribution in [1.82, 2.24) is 87.8 Å². The normalized spacial score (nSPS) is 11.5. The van der Waals surface area contributed by atoms with Gasteiger partial charge in [0.25, 0.3) is 0 Å². The Hall–Kier alpha value is -8.30. The fraction of sp³-hybridized carbons (Fsp3) is 0.483. The van der Waals surface area contributed by atoms with E-state index in [1.807, 2.05) is 98.4 Å². The molecule has 2 aromatic carbocycles. The van der Waals surface area contributed by atoms with Gasteiger partial charge in [-0.25, -0.2) is 15.0 Å². The monoisotopic (exact) mass is 1090 g/mol. The van der Waals surface area contributed by atoms with Gasteiger partial charge in [-0.15, -0.1) is 30.6 Å². The van der Waals surface area contributed by atoms with Crippen molar-refractivity contribution in [2.24, 2.45) is 26.6 Å². The first-order valence-electron chi connectivity index (χ1n) is 27.5. The molecule has 0 aliphatic carbocycles. The molecule has 0 unspecified atom stereocenters. The van der Waals surface area contributed by atoms with E-state index in [4.69, 9.17) is 0 Å². The molecule has 22 heteroatoms. The quantitative estimate of drug-likeness (QED) is 0.133. The van der Waals surface area contributed by atoms with E-state index in [2.05, 4.69) is 242 Å². The minimum absolute atomic E-state index is 0.0185. The average Bonchev–Trinajstić information content (AvgIpc) is 4.30. The molecule has 0 fully saturated rings. The van der Waals surface area contributed by atoms with Crippen LogP contribution in [0.5, 0.6) is 0 Å². The Morgan fingerprint density at radius 3 is 1.38 bits per heavy atom. The molecule has 9 heterocycles. The Bertz CT molecular complexity index is 2660. The molecule has 22 nitrogen and oxygen atoms in total. The maximum atomic E-state index is 4.30. The van der Waals surface area contributed by atoms with Gasteiger partial charge in [-0.05, 0) is 180 Å². The van der Waals surface area contributed by atoms with Gasteiger partial charge in [-0.2, -0.15) is 15.0 Å². The number of nitrogens with zero attached hydrogens (tertiary/aromatic N) is 22. The minimum Gasteiger partial charge on any atom is -0.352 e. The smallest absolute Gasteiger partial charge is 0.187 e. The van der Waals surface area contributed by atoms with Gasteiger partial charge in [-0.1, -0.05) is 44.2 Å². The lowest BCUT2D eigenvalue weighted by atomic mass is 10.2. The first-order chi connectivity index (χ1) is 38.2. The summed E-state index contributed by atoms with van der Waals surface area (Å²) in [5, 5.41) is 41.8. The number of fused-ring (bicyclic) bond motifs is 2. The van der Waals surface area contributed by atoms with E-state index in [1.54, 1.807) is 47.2 Å². The second-order valence-corrected chi connectivity index (χ2v) is 20.9. The Morgan fingerprint density at radius 1 is 0.388 bits per heavy atom. The molecule has 80 heavy (non-hydrogen) atoms. The summed E-state index contributed by atoms with van der Waals surface area (Å²) in [6.07, 6.45) is 25.6. The van der Waals surface area contributed by atoms with Crippen LogP contribution in [0.15, 0.2) is 181 Å². The molecule has 1 aliphatic rings. The van der Waals surface area contributed by atoms with Crippen molar-refractivity contribution in [1.29, 1.82) is 0 Å². The van der Waals surface area contributed by atoms with E-state index in [1.165, 1.54) is 22.7 Å². The zero-order chi connectivity index (χ0) is 59.0. The summed E-state index contributed by atoms with van der Waals surface area (Å²) in [5.74, 6) is 0.421. The highest BCUT2D eigenvalue weighted by Crippen LogP contribution is 2.19. The van der Waals surface area contributed by atoms with Crippen molar-refractivity contribution in [3.05, 3.63) is 160 Å². The predicted octanol–water partition coefficient (Wildman–Crippen LogP) is 14.6. The van der Waals surface area contributed by atoms with Crippen LogP contribution in [0.3, 0.4) is 0 Å². The van der Waals surface area contributed by atoms with Crippen molar-refractivity contribution in [2.45, 2.75) is 179 Å². The molecule has 0 bridgehead atoms. The van der Waals surface area contributed by atoms with Gasteiger partial charge in [0.15, 0.2) is 12.5 Å². The highest BCUT2D eigenvalue weighted by atomic mass is 15.6. The van der Waals surface area contributed by atoms with Gasteiger partial charge in [0.05, 0.1) is 29.7 Å². The van der Waals surface area contributed by atoms with Gasteiger partial charge in [-0.3, -0.25) is 9.36 Å². The summed E-state index contributed by atoms with van der Waals surface area (Å²) in [5.41, 5.74) is 3.62. The third-order valence-electron chi connectivity index (χ3n) is 11.4. The second kappa shape index (κ2) is 36.0. The lowest BCUT2D eigenvalue weighted by Crippen LogP contribution is -2.05. The van der Waals surface area contributed by atoms with Crippen LogP contribution in [-0.4, -0.2) is 93.9 Å². The first kappa shape index (κ1) is 66.0. The second-order valence-electron chi connectivity index (χ2n) is 20.9. The van der Waals surface area contributed by atoms with Crippen molar-refractivity contribution >= 4 is 21.9 Å². The Balaban J connectivity index is 0.000000238. The lowest BCUT2D eigenvalue weighted by Gasteiger charge is -2.08. The highest BCUT2D eigenvalue weighted by molar-refractivity contribution is 5.80. The fourth-order valence-electron chi connectivity index (χ4n) is 6.61. The summed E-state index contributed by atoms with van der Waals surface area (Å²) in [4.78, 5) is 13.6. The predicted molar refractivity (Wildman–Crippen MR) is 320 cm³/mol. The molecule has 0 saturated heterocycles. The van der Waals surface area contributed by atoms with Crippen LogP contribution in [0, 0.1) is 5.92 Å². The zero-order valence-corrected chi connectivity index (χ0v) is 50.6. The number of imidazole rings is 2. The van der Waals surface area contributed by atoms with Crippen LogP contribution in [0.1, 0.15) is 173 Å². The van der Waals surface area contributed by atoms with E-state index in [0.29, 0.717) is 54.3 Å².